The van der Waals surface area contributed by atoms with E-state index in [2.05, 4.69) is 19.2 Å². The fourth-order valence-electron chi connectivity index (χ4n) is 1.77. The van der Waals surface area contributed by atoms with E-state index in [0.29, 0.717) is 16.1 Å². The van der Waals surface area contributed by atoms with Gasteiger partial charge in [-0.2, -0.15) is 0 Å². The highest BCUT2D eigenvalue weighted by Crippen LogP contribution is 2.22. The lowest BCUT2D eigenvalue weighted by Crippen LogP contribution is -2.18. The van der Waals surface area contributed by atoms with Crippen LogP contribution < -0.4 is 11.1 Å². The molecule has 0 radical (unpaired) electrons. The molecular formula is C13H19ClN2S. The predicted octanol–water partition coefficient (Wildman–Crippen LogP) is 3.96. The summed E-state index contributed by atoms with van der Waals surface area (Å²) < 4.78 is 0. The van der Waals surface area contributed by atoms with Gasteiger partial charge in [0.2, 0.25) is 0 Å². The second-order valence-corrected chi connectivity index (χ2v) is 4.94. The van der Waals surface area contributed by atoms with E-state index in [4.69, 9.17) is 29.6 Å². The molecule has 0 fully saturated rings. The van der Waals surface area contributed by atoms with Gasteiger partial charge in [0.05, 0.1) is 5.02 Å². The van der Waals surface area contributed by atoms with E-state index in [1.165, 1.54) is 6.42 Å². The Morgan fingerprint density at radius 1 is 1.47 bits per heavy atom. The molecule has 94 valence electrons. The summed E-state index contributed by atoms with van der Waals surface area (Å²) >= 11 is 11.0. The van der Waals surface area contributed by atoms with Crippen molar-refractivity contribution in [2.24, 2.45) is 5.73 Å². The van der Waals surface area contributed by atoms with Crippen LogP contribution in [0.25, 0.3) is 0 Å². The molecule has 4 heteroatoms. The standard InChI is InChI=1S/C13H19ClN2S/c1-3-5-9(4-2)16-10-6-7-11(13(15)17)12(14)8-10/h6-9,16H,3-5H2,1-2H3,(H2,15,17). The monoisotopic (exact) mass is 270 g/mol. The molecule has 1 unspecified atom stereocenters. The Bertz CT molecular complexity index is 393. The summed E-state index contributed by atoms with van der Waals surface area (Å²) in [6.45, 7) is 4.37. The minimum atomic E-state index is 0.335. The molecule has 0 saturated heterocycles. The van der Waals surface area contributed by atoms with Crippen LogP contribution in [0.2, 0.25) is 5.02 Å². The van der Waals surface area contributed by atoms with E-state index in [-0.39, 0.29) is 0 Å². The van der Waals surface area contributed by atoms with E-state index >= 15 is 0 Å². The van der Waals surface area contributed by atoms with Crippen LogP contribution in [0.4, 0.5) is 5.69 Å². The van der Waals surface area contributed by atoms with Crippen molar-refractivity contribution in [1.82, 2.24) is 0 Å². The summed E-state index contributed by atoms with van der Waals surface area (Å²) in [4.78, 5) is 0.335. The van der Waals surface area contributed by atoms with Gasteiger partial charge in [0.1, 0.15) is 4.99 Å². The zero-order valence-corrected chi connectivity index (χ0v) is 11.9. The zero-order valence-electron chi connectivity index (χ0n) is 10.3. The molecule has 1 atom stereocenters. The van der Waals surface area contributed by atoms with E-state index in [9.17, 15) is 0 Å². The number of anilines is 1. The lowest BCUT2D eigenvalue weighted by atomic mass is 10.1. The molecule has 0 heterocycles. The fourth-order valence-corrected chi connectivity index (χ4v) is 2.28. The van der Waals surface area contributed by atoms with Crippen LogP contribution in [0.1, 0.15) is 38.7 Å². The second kappa shape index (κ2) is 6.82. The molecule has 0 spiro atoms. The lowest BCUT2D eigenvalue weighted by Gasteiger charge is -2.18. The summed E-state index contributed by atoms with van der Waals surface area (Å²) in [5.41, 5.74) is 7.32. The molecule has 0 saturated carbocycles. The van der Waals surface area contributed by atoms with Crippen molar-refractivity contribution >= 4 is 34.5 Å². The van der Waals surface area contributed by atoms with Gasteiger partial charge < -0.3 is 11.1 Å². The van der Waals surface area contributed by atoms with E-state index in [0.717, 1.165) is 24.1 Å². The number of nitrogens with two attached hydrogens (primary N) is 1. The summed E-state index contributed by atoms with van der Waals surface area (Å²) in [5, 5.41) is 4.07. The van der Waals surface area contributed by atoms with Crippen LogP contribution in [0.15, 0.2) is 18.2 Å². The molecule has 0 aliphatic rings. The maximum absolute atomic E-state index is 6.12. The summed E-state index contributed by atoms with van der Waals surface area (Å²) in [6, 6.07) is 6.21. The van der Waals surface area contributed by atoms with Crippen LogP contribution in [0, 0.1) is 0 Å². The number of nitrogens with one attached hydrogen (secondary N) is 1. The van der Waals surface area contributed by atoms with Gasteiger partial charge in [-0.05, 0) is 31.0 Å². The normalized spacial score (nSPS) is 12.2. The van der Waals surface area contributed by atoms with Crippen LogP contribution in [-0.4, -0.2) is 11.0 Å². The first-order valence-electron chi connectivity index (χ1n) is 5.94. The van der Waals surface area contributed by atoms with Gasteiger partial charge in [0.25, 0.3) is 0 Å². The molecule has 3 N–H and O–H groups in total. The highest BCUT2D eigenvalue weighted by molar-refractivity contribution is 7.80. The highest BCUT2D eigenvalue weighted by atomic mass is 35.5. The quantitative estimate of drug-likeness (QED) is 0.769. The summed E-state index contributed by atoms with van der Waals surface area (Å²) in [7, 11) is 0. The van der Waals surface area contributed by atoms with Crippen LogP contribution in [0.5, 0.6) is 0 Å². The first-order chi connectivity index (χ1) is 8.08. The molecular weight excluding hydrogens is 252 g/mol. The van der Waals surface area contributed by atoms with Crippen molar-refractivity contribution in [1.29, 1.82) is 0 Å². The number of hydrogen-bond donors (Lipinski definition) is 2. The molecule has 1 rings (SSSR count). The van der Waals surface area contributed by atoms with Gasteiger partial charge in [-0.15, -0.1) is 0 Å². The van der Waals surface area contributed by atoms with Crippen LogP contribution in [0.3, 0.4) is 0 Å². The number of hydrogen-bond acceptors (Lipinski definition) is 2. The first kappa shape index (κ1) is 14.3. The lowest BCUT2D eigenvalue weighted by molar-refractivity contribution is 0.623. The highest BCUT2D eigenvalue weighted by Gasteiger charge is 2.07. The molecule has 1 aromatic rings. The van der Waals surface area contributed by atoms with E-state index in [1.807, 2.05) is 18.2 Å². The number of benzene rings is 1. The Balaban J connectivity index is 2.79. The number of rotatable bonds is 6. The summed E-state index contributed by atoms with van der Waals surface area (Å²) in [6.07, 6.45) is 3.43. The van der Waals surface area contributed by atoms with Gasteiger partial charge in [0, 0.05) is 17.3 Å². The Labute approximate surface area is 114 Å². The topological polar surface area (TPSA) is 38.0 Å². The molecule has 0 aliphatic heterocycles. The largest absolute Gasteiger partial charge is 0.389 e. The third-order valence-corrected chi connectivity index (χ3v) is 3.27. The van der Waals surface area contributed by atoms with Crippen molar-refractivity contribution in [3.05, 3.63) is 28.8 Å². The van der Waals surface area contributed by atoms with Crippen molar-refractivity contribution in [3.63, 3.8) is 0 Å². The van der Waals surface area contributed by atoms with E-state index < -0.39 is 0 Å². The molecule has 0 bridgehead atoms. The molecule has 0 amide bonds. The van der Waals surface area contributed by atoms with Crippen LogP contribution in [-0.2, 0) is 0 Å². The van der Waals surface area contributed by atoms with Gasteiger partial charge in [0.15, 0.2) is 0 Å². The minimum absolute atomic E-state index is 0.335. The van der Waals surface area contributed by atoms with Gasteiger partial charge >= 0.3 is 0 Å². The fraction of sp³-hybridized carbons (Fsp3) is 0.462. The SMILES string of the molecule is CCCC(CC)Nc1ccc(C(N)=S)c(Cl)c1. The molecule has 2 nitrogen and oxygen atoms in total. The van der Waals surface area contributed by atoms with Crippen molar-refractivity contribution < 1.29 is 0 Å². The Morgan fingerprint density at radius 3 is 2.65 bits per heavy atom. The first-order valence-corrected chi connectivity index (χ1v) is 6.73. The maximum Gasteiger partial charge on any atom is 0.105 e. The van der Waals surface area contributed by atoms with Crippen LogP contribution >= 0.6 is 23.8 Å². The second-order valence-electron chi connectivity index (χ2n) is 4.10. The Hall–Kier alpha value is -0.800. The average molecular weight is 271 g/mol. The van der Waals surface area contributed by atoms with Gasteiger partial charge in [-0.25, -0.2) is 0 Å². The summed E-state index contributed by atoms with van der Waals surface area (Å²) in [5.74, 6) is 0. The van der Waals surface area contributed by atoms with Gasteiger partial charge in [-0.1, -0.05) is 44.1 Å². The van der Waals surface area contributed by atoms with Crippen molar-refractivity contribution in [2.75, 3.05) is 5.32 Å². The third-order valence-electron chi connectivity index (χ3n) is 2.74. The smallest absolute Gasteiger partial charge is 0.105 e. The van der Waals surface area contributed by atoms with Crippen molar-refractivity contribution in [3.8, 4) is 0 Å². The molecule has 17 heavy (non-hydrogen) atoms. The molecule has 0 aliphatic carbocycles. The zero-order chi connectivity index (χ0) is 12.8. The number of thiocarbonyl (C=S) groups is 1. The number of halogens is 1. The van der Waals surface area contributed by atoms with Gasteiger partial charge in [-0.3, -0.25) is 0 Å². The molecule has 1 aromatic carbocycles. The van der Waals surface area contributed by atoms with E-state index in [1.54, 1.807) is 0 Å². The predicted molar refractivity (Wildman–Crippen MR) is 79.9 cm³/mol. The third kappa shape index (κ3) is 4.17. The Kier molecular flexibility index (Phi) is 5.72. The minimum Gasteiger partial charge on any atom is -0.389 e. The van der Waals surface area contributed by atoms with Crippen molar-refractivity contribution in [2.45, 2.75) is 39.2 Å². The molecule has 0 aromatic heterocycles. The maximum atomic E-state index is 6.12. The Morgan fingerprint density at radius 2 is 2.18 bits per heavy atom. The average Bonchev–Trinajstić information content (AvgIpc) is 2.28.